The number of carbonyl (C=O) groups is 1. The summed E-state index contributed by atoms with van der Waals surface area (Å²) in [5.74, 6) is 1.77. The SMILES string of the molecule is CC(C)CN1CCC[C@@H](CCC(=O)NC2CC2)C1. The summed E-state index contributed by atoms with van der Waals surface area (Å²) >= 11 is 0. The Labute approximate surface area is 111 Å². The van der Waals surface area contributed by atoms with Gasteiger partial charge >= 0.3 is 0 Å². The molecule has 1 amide bonds. The van der Waals surface area contributed by atoms with Crippen molar-refractivity contribution in [1.82, 2.24) is 10.2 Å². The van der Waals surface area contributed by atoms with E-state index in [1.54, 1.807) is 0 Å². The lowest BCUT2D eigenvalue weighted by atomic mass is 9.92. The molecule has 1 heterocycles. The van der Waals surface area contributed by atoms with Crippen molar-refractivity contribution in [2.45, 2.75) is 58.4 Å². The highest BCUT2D eigenvalue weighted by Gasteiger charge is 2.24. The zero-order valence-electron chi connectivity index (χ0n) is 12.0. The van der Waals surface area contributed by atoms with Gasteiger partial charge < -0.3 is 10.2 Å². The predicted molar refractivity (Wildman–Crippen MR) is 74.4 cm³/mol. The highest BCUT2D eigenvalue weighted by atomic mass is 16.1. The quantitative estimate of drug-likeness (QED) is 0.787. The van der Waals surface area contributed by atoms with E-state index in [9.17, 15) is 4.79 Å². The summed E-state index contributed by atoms with van der Waals surface area (Å²) in [7, 11) is 0. The minimum absolute atomic E-state index is 0.276. The van der Waals surface area contributed by atoms with Crippen molar-refractivity contribution in [3.05, 3.63) is 0 Å². The minimum atomic E-state index is 0.276. The highest BCUT2D eigenvalue weighted by molar-refractivity contribution is 5.76. The van der Waals surface area contributed by atoms with Crippen molar-refractivity contribution in [3.8, 4) is 0 Å². The summed E-state index contributed by atoms with van der Waals surface area (Å²) in [5, 5.41) is 3.08. The average molecular weight is 252 g/mol. The third-order valence-corrected chi connectivity index (χ3v) is 3.95. The van der Waals surface area contributed by atoms with Crippen LogP contribution in [0.15, 0.2) is 0 Å². The molecule has 0 spiro atoms. The Morgan fingerprint density at radius 1 is 1.33 bits per heavy atom. The lowest BCUT2D eigenvalue weighted by Crippen LogP contribution is -2.38. The molecule has 1 aliphatic heterocycles. The van der Waals surface area contributed by atoms with Gasteiger partial charge in [0.05, 0.1) is 0 Å². The minimum Gasteiger partial charge on any atom is -0.353 e. The summed E-state index contributed by atoms with van der Waals surface area (Å²) in [5.41, 5.74) is 0. The van der Waals surface area contributed by atoms with Crippen LogP contribution in [0.4, 0.5) is 0 Å². The van der Waals surface area contributed by atoms with E-state index in [1.807, 2.05) is 0 Å². The molecular weight excluding hydrogens is 224 g/mol. The second kappa shape index (κ2) is 6.55. The number of nitrogens with zero attached hydrogens (tertiary/aromatic N) is 1. The second-order valence-corrected chi connectivity index (χ2v) is 6.54. The fourth-order valence-corrected chi connectivity index (χ4v) is 2.93. The number of amides is 1. The highest BCUT2D eigenvalue weighted by Crippen LogP contribution is 2.23. The lowest BCUT2D eigenvalue weighted by molar-refractivity contribution is -0.121. The van der Waals surface area contributed by atoms with Crippen LogP contribution in [-0.4, -0.2) is 36.5 Å². The maximum atomic E-state index is 11.7. The molecule has 0 bridgehead atoms. The van der Waals surface area contributed by atoms with Crippen LogP contribution in [0.25, 0.3) is 0 Å². The fraction of sp³-hybridized carbons (Fsp3) is 0.933. The van der Waals surface area contributed by atoms with E-state index >= 15 is 0 Å². The first-order chi connectivity index (χ1) is 8.63. The van der Waals surface area contributed by atoms with E-state index in [0.29, 0.717) is 6.04 Å². The monoisotopic (exact) mass is 252 g/mol. The van der Waals surface area contributed by atoms with Gasteiger partial charge in [0.2, 0.25) is 5.91 Å². The zero-order valence-corrected chi connectivity index (χ0v) is 12.0. The Hall–Kier alpha value is -0.570. The average Bonchev–Trinajstić information content (AvgIpc) is 3.10. The van der Waals surface area contributed by atoms with Crippen LogP contribution in [-0.2, 0) is 4.79 Å². The molecule has 0 aromatic carbocycles. The molecule has 2 aliphatic rings. The van der Waals surface area contributed by atoms with Crippen molar-refractivity contribution in [2.24, 2.45) is 11.8 Å². The first kappa shape index (κ1) is 13.9. The number of nitrogens with one attached hydrogen (secondary N) is 1. The second-order valence-electron chi connectivity index (χ2n) is 6.54. The van der Waals surface area contributed by atoms with Crippen molar-refractivity contribution in [1.29, 1.82) is 0 Å². The van der Waals surface area contributed by atoms with Gasteiger partial charge in [-0.1, -0.05) is 13.8 Å². The van der Waals surface area contributed by atoms with Gasteiger partial charge in [-0.2, -0.15) is 0 Å². The smallest absolute Gasteiger partial charge is 0.220 e. The number of hydrogen-bond donors (Lipinski definition) is 1. The molecule has 1 atom stereocenters. The van der Waals surface area contributed by atoms with Gasteiger partial charge in [0.15, 0.2) is 0 Å². The molecule has 3 heteroatoms. The number of hydrogen-bond acceptors (Lipinski definition) is 2. The van der Waals surface area contributed by atoms with E-state index in [4.69, 9.17) is 0 Å². The van der Waals surface area contributed by atoms with Crippen LogP contribution < -0.4 is 5.32 Å². The molecule has 0 aromatic rings. The fourth-order valence-electron chi connectivity index (χ4n) is 2.93. The standard InChI is InChI=1S/C15H28N2O/c1-12(2)10-17-9-3-4-13(11-17)5-8-15(18)16-14-6-7-14/h12-14H,3-11H2,1-2H3,(H,16,18)/t13-/m0/s1. The number of piperidine rings is 1. The van der Waals surface area contributed by atoms with Crippen molar-refractivity contribution < 1.29 is 4.79 Å². The molecule has 1 saturated heterocycles. The maximum Gasteiger partial charge on any atom is 0.220 e. The molecule has 18 heavy (non-hydrogen) atoms. The van der Waals surface area contributed by atoms with Crippen LogP contribution in [0, 0.1) is 11.8 Å². The maximum absolute atomic E-state index is 11.7. The van der Waals surface area contributed by atoms with Gasteiger partial charge in [-0.05, 0) is 50.5 Å². The summed E-state index contributed by atoms with van der Waals surface area (Å²) in [4.78, 5) is 14.3. The summed E-state index contributed by atoms with van der Waals surface area (Å²) in [6.07, 6.45) is 6.81. The van der Waals surface area contributed by atoms with Gasteiger partial charge in [0.25, 0.3) is 0 Å². The third kappa shape index (κ3) is 4.97. The molecule has 1 aliphatic carbocycles. The Morgan fingerprint density at radius 3 is 2.78 bits per heavy atom. The van der Waals surface area contributed by atoms with Crippen LogP contribution in [0.1, 0.15) is 52.4 Å². The third-order valence-electron chi connectivity index (χ3n) is 3.95. The lowest BCUT2D eigenvalue weighted by Gasteiger charge is -2.33. The normalized spacial score (nSPS) is 25.4. The molecular formula is C15H28N2O. The first-order valence-electron chi connectivity index (χ1n) is 7.65. The Bertz CT molecular complexity index is 274. The van der Waals surface area contributed by atoms with Crippen molar-refractivity contribution in [3.63, 3.8) is 0 Å². The summed E-state index contributed by atoms with van der Waals surface area (Å²) in [6, 6.07) is 0.515. The predicted octanol–water partition coefficient (Wildman–Crippen LogP) is 2.41. The topological polar surface area (TPSA) is 32.3 Å². The molecule has 1 N–H and O–H groups in total. The molecule has 0 aromatic heterocycles. The molecule has 3 nitrogen and oxygen atoms in total. The van der Waals surface area contributed by atoms with E-state index in [2.05, 4.69) is 24.1 Å². The van der Waals surface area contributed by atoms with E-state index in [1.165, 1.54) is 45.3 Å². The first-order valence-corrected chi connectivity index (χ1v) is 7.65. The zero-order chi connectivity index (χ0) is 13.0. The number of carbonyl (C=O) groups excluding carboxylic acids is 1. The molecule has 1 saturated carbocycles. The van der Waals surface area contributed by atoms with Crippen LogP contribution in [0.3, 0.4) is 0 Å². The van der Waals surface area contributed by atoms with Crippen LogP contribution >= 0.6 is 0 Å². The molecule has 2 fully saturated rings. The van der Waals surface area contributed by atoms with E-state index in [-0.39, 0.29) is 5.91 Å². The van der Waals surface area contributed by atoms with Gasteiger partial charge in [-0.15, -0.1) is 0 Å². The Kier molecular flexibility index (Phi) is 5.04. The van der Waals surface area contributed by atoms with Crippen LogP contribution in [0.2, 0.25) is 0 Å². The van der Waals surface area contributed by atoms with E-state index in [0.717, 1.165) is 24.7 Å². The Balaban J connectivity index is 1.63. The Morgan fingerprint density at radius 2 is 2.11 bits per heavy atom. The van der Waals surface area contributed by atoms with Crippen molar-refractivity contribution in [2.75, 3.05) is 19.6 Å². The molecule has 104 valence electrons. The summed E-state index contributed by atoms with van der Waals surface area (Å²) < 4.78 is 0. The number of rotatable bonds is 6. The largest absolute Gasteiger partial charge is 0.353 e. The molecule has 2 rings (SSSR count). The molecule has 0 unspecified atom stereocenters. The van der Waals surface area contributed by atoms with Gasteiger partial charge in [0.1, 0.15) is 0 Å². The summed E-state index contributed by atoms with van der Waals surface area (Å²) in [6.45, 7) is 8.24. The number of likely N-dealkylation sites (tertiary alicyclic amines) is 1. The van der Waals surface area contributed by atoms with Gasteiger partial charge in [-0.25, -0.2) is 0 Å². The van der Waals surface area contributed by atoms with Crippen molar-refractivity contribution >= 4 is 5.91 Å². The van der Waals surface area contributed by atoms with Gasteiger partial charge in [0, 0.05) is 25.6 Å². The molecule has 0 radical (unpaired) electrons. The van der Waals surface area contributed by atoms with Gasteiger partial charge in [-0.3, -0.25) is 4.79 Å². The van der Waals surface area contributed by atoms with E-state index < -0.39 is 0 Å². The van der Waals surface area contributed by atoms with Crippen LogP contribution in [0.5, 0.6) is 0 Å².